The lowest BCUT2D eigenvalue weighted by Crippen LogP contribution is -2.35. The van der Waals surface area contributed by atoms with E-state index in [9.17, 15) is 49.2 Å². The van der Waals surface area contributed by atoms with E-state index in [2.05, 4.69) is 0 Å². The molecule has 4 rings (SSSR count). The molecule has 0 saturated heterocycles. The highest BCUT2D eigenvalue weighted by atomic mass is 35.5. The second-order valence-electron chi connectivity index (χ2n) is 8.10. The second-order valence-corrected chi connectivity index (χ2v) is 10.5. The van der Waals surface area contributed by atoms with Crippen LogP contribution in [0.1, 0.15) is 0 Å². The molecule has 0 saturated carbocycles. The Balaban J connectivity index is 2.16. The molecule has 6 N–H and O–H groups in total. The van der Waals surface area contributed by atoms with Crippen molar-refractivity contribution in [3.8, 4) is 33.9 Å². The first-order valence-electron chi connectivity index (χ1n) is 10.4. The number of rotatable bonds is 7. The molecule has 0 fully saturated rings. The topological polar surface area (TPSA) is 206 Å². The fourth-order valence-corrected chi connectivity index (χ4v) is 5.11. The van der Waals surface area contributed by atoms with E-state index in [1.165, 1.54) is 12.1 Å². The summed E-state index contributed by atoms with van der Waals surface area (Å²) in [5.41, 5.74) is -1.35. The van der Waals surface area contributed by atoms with Crippen molar-refractivity contribution in [3.05, 3.63) is 56.7 Å². The number of nitrogens with zero attached hydrogens (tertiary/aromatic N) is 1. The summed E-state index contributed by atoms with van der Waals surface area (Å²) in [5, 5.41) is 38.3. The summed E-state index contributed by atoms with van der Waals surface area (Å²) in [5.74, 6) is -4.12. The zero-order valence-corrected chi connectivity index (χ0v) is 21.2. The highest BCUT2D eigenvalue weighted by Gasteiger charge is 2.31. The third kappa shape index (κ3) is 5.13. The Morgan fingerprint density at radius 3 is 2.08 bits per heavy atom. The zero-order chi connectivity index (χ0) is 28.1. The van der Waals surface area contributed by atoms with Gasteiger partial charge in [0.2, 0.25) is 5.43 Å². The molecule has 0 unspecified atom stereocenters. The van der Waals surface area contributed by atoms with Gasteiger partial charge in [-0.1, -0.05) is 23.2 Å². The number of phenols is 2. The van der Waals surface area contributed by atoms with Crippen LogP contribution >= 0.6 is 30.8 Å². The first kappa shape index (κ1) is 27.2. The van der Waals surface area contributed by atoms with Crippen molar-refractivity contribution < 1.29 is 48.8 Å². The highest BCUT2D eigenvalue weighted by Crippen LogP contribution is 2.48. The predicted molar refractivity (Wildman–Crippen MR) is 137 cm³/mol. The molecular formula is C23H16Cl2NO11P. The van der Waals surface area contributed by atoms with E-state index in [1.54, 1.807) is 0 Å². The minimum atomic E-state index is -5.22. The Labute approximate surface area is 222 Å². The molecule has 1 heterocycles. The molecule has 2 aromatic carbocycles. The van der Waals surface area contributed by atoms with Crippen LogP contribution in [0.2, 0.25) is 10.0 Å². The first-order valence-corrected chi connectivity index (χ1v) is 12.7. The van der Waals surface area contributed by atoms with E-state index < -0.39 is 60.5 Å². The maximum Gasteiger partial charge on any atom is 0.356 e. The summed E-state index contributed by atoms with van der Waals surface area (Å²) in [6.45, 7) is -1.82. The number of carboxylic acids is 2. The monoisotopic (exact) mass is 583 g/mol. The van der Waals surface area contributed by atoms with Crippen molar-refractivity contribution in [2.75, 3.05) is 18.0 Å². The lowest BCUT2D eigenvalue weighted by molar-refractivity contribution is -0.136. The number of hydrogen-bond donors (Lipinski definition) is 6. The van der Waals surface area contributed by atoms with Gasteiger partial charge in [-0.2, -0.15) is 0 Å². The maximum atomic E-state index is 12.7. The number of aromatic hydroxyl groups is 2. The Morgan fingerprint density at radius 1 is 0.868 bits per heavy atom. The van der Waals surface area contributed by atoms with Gasteiger partial charge in [0, 0.05) is 34.2 Å². The highest BCUT2D eigenvalue weighted by molar-refractivity contribution is 7.60. The summed E-state index contributed by atoms with van der Waals surface area (Å²) in [6.07, 6.45) is 0. The number of phenolic OH excluding ortho intramolecular Hbond substituents is 2. The molecule has 1 aliphatic carbocycles. The Kier molecular flexibility index (Phi) is 7.04. The lowest BCUT2D eigenvalue weighted by Gasteiger charge is -2.25. The minimum absolute atomic E-state index is 0.00626. The van der Waals surface area contributed by atoms with Crippen LogP contribution < -0.4 is 15.6 Å². The van der Waals surface area contributed by atoms with E-state index in [0.717, 1.165) is 24.3 Å². The summed E-state index contributed by atoms with van der Waals surface area (Å²) >= 11 is 12.1. The molecule has 0 aromatic heterocycles. The molecule has 0 amide bonds. The van der Waals surface area contributed by atoms with Gasteiger partial charge in [0.15, 0.2) is 0 Å². The molecule has 0 atom stereocenters. The molecule has 15 heteroatoms. The number of anilines is 1. The molecule has 198 valence electrons. The SMILES string of the molecule is O=C(O)CN(CC(=O)O)c1cc(P(=O)(O)O)c(-c2c3cc(Cl)c(=O)cc-3oc3cc(O)c(Cl)cc23)cc1O. The zero-order valence-electron chi connectivity index (χ0n) is 18.8. The smallest absolute Gasteiger partial charge is 0.356 e. The standard InChI is InChI=1S/C23H16Cl2NO11P/c24-12-1-9-18(5-15(12)27)37-19-6-16(28)13(25)2-10(19)23(9)11-3-17(29)14(4-20(11)38(34,35)36)26(7-21(30)31)8-22(32)33/h1-6,27,29H,7-8H2,(H,30,31)(H,32,33)(H2,34,35,36). The normalized spacial score (nSPS) is 11.7. The molecule has 0 spiro atoms. The summed E-state index contributed by atoms with van der Waals surface area (Å²) < 4.78 is 18.4. The average molecular weight is 584 g/mol. The molecular weight excluding hydrogens is 568 g/mol. The fraction of sp³-hybridized carbons (Fsp3) is 0.0870. The van der Waals surface area contributed by atoms with E-state index in [1.807, 2.05) is 0 Å². The molecule has 1 aliphatic heterocycles. The molecule has 12 nitrogen and oxygen atoms in total. The van der Waals surface area contributed by atoms with Crippen LogP contribution in [0.4, 0.5) is 5.69 Å². The van der Waals surface area contributed by atoms with Crippen LogP contribution in [0, 0.1) is 0 Å². The van der Waals surface area contributed by atoms with E-state index >= 15 is 0 Å². The number of carboxylic acid groups (broad SMARTS) is 2. The van der Waals surface area contributed by atoms with Crippen LogP contribution in [0.15, 0.2) is 45.6 Å². The van der Waals surface area contributed by atoms with Gasteiger partial charge < -0.3 is 39.5 Å². The predicted octanol–water partition coefficient (Wildman–Crippen LogP) is 3.06. The molecule has 0 bridgehead atoms. The van der Waals surface area contributed by atoms with E-state index in [4.69, 9.17) is 27.6 Å². The van der Waals surface area contributed by atoms with Crippen LogP contribution in [0.5, 0.6) is 11.5 Å². The third-order valence-corrected chi connectivity index (χ3v) is 7.11. The van der Waals surface area contributed by atoms with Gasteiger partial charge in [-0.05, 0) is 24.3 Å². The van der Waals surface area contributed by atoms with Gasteiger partial charge in [-0.25, -0.2) is 0 Å². The van der Waals surface area contributed by atoms with Crippen LogP contribution in [0.3, 0.4) is 0 Å². The van der Waals surface area contributed by atoms with Crippen LogP contribution in [0.25, 0.3) is 33.4 Å². The van der Waals surface area contributed by atoms with E-state index in [-0.39, 0.29) is 43.5 Å². The third-order valence-electron chi connectivity index (χ3n) is 5.51. The second kappa shape index (κ2) is 9.82. The molecule has 2 aliphatic rings. The van der Waals surface area contributed by atoms with Gasteiger partial charge >= 0.3 is 19.5 Å². The van der Waals surface area contributed by atoms with Crippen molar-refractivity contribution in [1.82, 2.24) is 0 Å². The van der Waals surface area contributed by atoms with Gasteiger partial charge in [-0.3, -0.25) is 18.9 Å². The lowest BCUT2D eigenvalue weighted by atomic mass is 9.93. The quantitative estimate of drug-likeness (QED) is 0.137. The van der Waals surface area contributed by atoms with Crippen molar-refractivity contribution in [3.63, 3.8) is 0 Å². The minimum Gasteiger partial charge on any atom is -0.506 e. The Hall–Kier alpha value is -3.80. The average Bonchev–Trinajstić information content (AvgIpc) is 2.78. The number of aliphatic carboxylic acids is 2. The summed E-state index contributed by atoms with van der Waals surface area (Å²) in [6, 6.07) is 6.26. The van der Waals surface area contributed by atoms with Crippen LogP contribution in [-0.4, -0.2) is 55.2 Å². The fourth-order valence-electron chi connectivity index (χ4n) is 4.00. The van der Waals surface area contributed by atoms with Crippen molar-refractivity contribution in [2.45, 2.75) is 0 Å². The van der Waals surface area contributed by atoms with Gasteiger partial charge in [0.1, 0.15) is 35.9 Å². The van der Waals surface area contributed by atoms with Gasteiger partial charge in [-0.15, -0.1) is 0 Å². The van der Waals surface area contributed by atoms with Crippen molar-refractivity contribution >= 4 is 64.7 Å². The number of hydrogen-bond acceptors (Lipinski definition) is 8. The molecule has 0 radical (unpaired) electrons. The Bertz CT molecular complexity index is 1700. The van der Waals surface area contributed by atoms with E-state index in [0.29, 0.717) is 4.90 Å². The summed E-state index contributed by atoms with van der Waals surface area (Å²) in [7, 11) is -5.22. The van der Waals surface area contributed by atoms with Crippen LogP contribution in [-0.2, 0) is 14.2 Å². The number of halogens is 2. The maximum absolute atomic E-state index is 12.7. The molecule has 2 aromatic rings. The van der Waals surface area contributed by atoms with Crippen molar-refractivity contribution in [1.29, 1.82) is 0 Å². The number of carbonyl (C=O) groups is 2. The number of fused-ring (bicyclic) bond motifs is 2. The van der Waals surface area contributed by atoms with Gasteiger partial charge in [0.05, 0.1) is 21.0 Å². The first-order chi connectivity index (χ1) is 17.7. The van der Waals surface area contributed by atoms with Gasteiger partial charge in [0.25, 0.3) is 0 Å². The summed E-state index contributed by atoms with van der Waals surface area (Å²) in [4.78, 5) is 56.0. The van der Waals surface area contributed by atoms with Crippen molar-refractivity contribution in [2.24, 2.45) is 0 Å². The number of benzene rings is 3. The molecule has 38 heavy (non-hydrogen) atoms. The largest absolute Gasteiger partial charge is 0.506 e. The Morgan fingerprint density at radius 2 is 1.50 bits per heavy atom.